The molecule has 156 valence electrons. The first-order chi connectivity index (χ1) is 13.7. The van der Waals surface area contributed by atoms with Crippen molar-refractivity contribution in [1.29, 1.82) is 0 Å². The number of halogens is 1. The van der Waals surface area contributed by atoms with Gasteiger partial charge >= 0.3 is 0 Å². The van der Waals surface area contributed by atoms with E-state index in [1.807, 2.05) is 26.0 Å². The number of pyridine rings is 1. The molecule has 1 aliphatic heterocycles. The van der Waals surface area contributed by atoms with Crippen molar-refractivity contribution >= 4 is 38.9 Å². The third kappa shape index (κ3) is 5.08. The predicted molar refractivity (Wildman–Crippen MR) is 116 cm³/mol. The summed E-state index contributed by atoms with van der Waals surface area (Å²) in [7, 11) is -3.26. The average molecular weight is 436 g/mol. The summed E-state index contributed by atoms with van der Waals surface area (Å²) >= 11 is 5.91. The zero-order valence-corrected chi connectivity index (χ0v) is 18.4. The summed E-state index contributed by atoms with van der Waals surface area (Å²) in [6.07, 6.45) is 4.30. The summed E-state index contributed by atoms with van der Waals surface area (Å²) in [5.41, 5.74) is 0.721. The molecule has 0 bridgehead atoms. The van der Waals surface area contributed by atoms with E-state index in [2.05, 4.69) is 9.88 Å². The fourth-order valence-corrected chi connectivity index (χ4v) is 4.38. The number of amides is 1. The summed E-state index contributed by atoms with van der Waals surface area (Å²) in [5, 5.41) is 0.605. The van der Waals surface area contributed by atoms with E-state index in [1.165, 1.54) is 6.26 Å². The van der Waals surface area contributed by atoms with Crippen molar-refractivity contribution in [2.45, 2.75) is 37.6 Å². The number of aromatic nitrogens is 1. The van der Waals surface area contributed by atoms with E-state index in [9.17, 15) is 13.2 Å². The Morgan fingerprint density at radius 3 is 2.24 bits per heavy atom. The van der Waals surface area contributed by atoms with Crippen LogP contribution < -0.4 is 9.80 Å². The molecule has 1 aromatic carbocycles. The van der Waals surface area contributed by atoms with Crippen molar-refractivity contribution in [1.82, 2.24) is 4.98 Å². The number of anilines is 2. The lowest BCUT2D eigenvalue weighted by molar-refractivity contribution is -0.123. The van der Waals surface area contributed by atoms with Gasteiger partial charge in [0.15, 0.2) is 9.84 Å². The van der Waals surface area contributed by atoms with Crippen molar-refractivity contribution in [3.63, 3.8) is 0 Å². The quantitative estimate of drug-likeness (QED) is 0.714. The Morgan fingerprint density at radius 1 is 1.14 bits per heavy atom. The van der Waals surface area contributed by atoms with E-state index < -0.39 is 9.84 Å². The molecule has 1 amide bonds. The van der Waals surface area contributed by atoms with Crippen LogP contribution in [0.3, 0.4) is 0 Å². The Balaban J connectivity index is 1.71. The first kappa shape index (κ1) is 21.6. The van der Waals surface area contributed by atoms with Gasteiger partial charge in [0.1, 0.15) is 5.82 Å². The first-order valence-electron chi connectivity index (χ1n) is 9.66. The molecule has 0 spiro atoms. The monoisotopic (exact) mass is 435 g/mol. The third-order valence-corrected chi connectivity index (χ3v) is 6.53. The highest BCUT2D eigenvalue weighted by molar-refractivity contribution is 7.90. The Labute approximate surface area is 177 Å². The van der Waals surface area contributed by atoms with E-state index in [0.29, 0.717) is 5.02 Å². The number of nitrogens with zero attached hydrogens (tertiary/aromatic N) is 3. The summed E-state index contributed by atoms with van der Waals surface area (Å²) in [6, 6.07) is 10.2. The topological polar surface area (TPSA) is 70.6 Å². The SMILES string of the molecule is CC(C)N(C(=O)C1CCN(c2ccc(Cl)cn2)CC1)c1ccc(S(C)(=O)=O)cc1. The molecule has 8 heteroatoms. The third-order valence-electron chi connectivity index (χ3n) is 5.18. The first-order valence-corrected chi connectivity index (χ1v) is 11.9. The lowest BCUT2D eigenvalue weighted by Crippen LogP contribution is -2.45. The van der Waals surface area contributed by atoms with Crippen LogP contribution in [0.5, 0.6) is 0 Å². The van der Waals surface area contributed by atoms with Crippen LogP contribution in [0, 0.1) is 5.92 Å². The van der Waals surface area contributed by atoms with Gasteiger partial charge in [0, 0.05) is 43.2 Å². The van der Waals surface area contributed by atoms with Crippen LogP contribution in [-0.4, -0.2) is 44.7 Å². The smallest absolute Gasteiger partial charge is 0.230 e. The van der Waals surface area contributed by atoms with Crippen molar-refractivity contribution in [2.24, 2.45) is 5.92 Å². The maximum atomic E-state index is 13.3. The molecule has 3 rings (SSSR count). The second-order valence-electron chi connectivity index (χ2n) is 7.66. The van der Waals surface area contributed by atoms with E-state index in [0.717, 1.165) is 37.4 Å². The molecule has 0 atom stereocenters. The van der Waals surface area contributed by atoms with Gasteiger partial charge in [-0.15, -0.1) is 0 Å². The predicted octanol–water partition coefficient (Wildman–Crippen LogP) is 3.80. The summed E-state index contributed by atoms with van der Waals surface area (Å²) in [6.45, 7) is 5.44. The molecule has 0 saturated carbocycles. The molecule has 1 fully saturated rings. The number of rotatable bonds is 5. The molecule has 0 unspecified atom stereocenters. The molecule has 2 aromatic rings. The molecule has 0 aliphatic carbocycles. The molecule has 29 heavy (non-hydrogen) atoms. The second kappa shape index (κ2) is 8.71. The highest BCUT2D eigenvalue weighted by Gasteiger charge is 2.31. The Morgan fingerprint density at radius 2 is 1.76 bits per heavy atom. The number of benzene rings is 1. The molecular weight excluding hydrogens is 410 g/mol. The van der Waals surface area contributed by atoms with Crippen LogP contribution in [0.1, 0.15) is 26.7 Å². The van der Waals surface area contributed by atoms with Gasteiger partial charge in [0.2, 0.25) is 5.91 Å². The molecular formula is C21H26ClN3O3S. The Hall–Kier alpha value is -2.12. The molecule has 1 aromatic heterocycles. The van der Waals surface area contributed by atoms with Gasteiger partial charge in [-0.1, -0.05) is 11.6 Å². The minimum absolute atomic E-state index is 0.0254. The van der Waals surface area contributed by atoms with E-state index in [-0.39, 0.29) is 22.8 Å². The van der Waals surface area contributed by atoms with Crippen molar-refractivity contribution in [3.8, 4) is 0 Å². The van der Waals surface area contributed by atoms with E-state index in [1.54, 1.807) is 35.4 Å². The van der Waals surface area contributed by atoms with Gasteiger partial charge in [-0.2, -0.15) is 0 Å². The highest BCUT2D eigenvalue weighted by atomic mass is 35.5. The van der Waals surface area contributed by atoms with Crippen LogP contribution in [0.25, 0.3) is 0 Å². The molecule has 1 aliphatic rings. The van der Waals surface area contributed by atoms with Crippen LogP contribution >= 0.6 is 11.6 Å². The molecule has 1 saturated heterocycles. The second-order valence-corrected chi connectivity index (χ2v) is 10.1. The number of hydrogen-bond donors (Lipinski definition) is 0. The Bertz CT molecular complexity index is 952. The van der Waals surface area contributed by atoms with Gasteiger partial charge in [0.05, 0.1) is 9.92 Å². The van der Waals surface area contributed by atoms with Gasteiger partial charge in [-0.25, -0.2) is 13.4 Å². The zero-order chi connectivity index (χ0) is 21.2. The standard InChI is InChI=1S/C21H26ClN3O3S/c1-15(2)25(18-5-7-19(8-6-18)29(3,27)28)21(26)16-10-12-24(13-11-16)20-9-4-17(22)14-23-20/h4-9,14-16H,10-13H2,1-3H3. The van der Waals surface area contributed by atoms with Gasteiger partial charge < -0.3 is 9.80 Å². The number of carbonyl (C=O) groups excluding carboxylic acids is 1. The van der Waals surface area contributed by atoms with E-state index >= 15 is 0 Å². The van der Waals surface area contributed by atoms with Gasteiger partial charge in [-0.3, -0.25) is 4.79 Å². The van der Waals surface area contributed by atoms with E-state index in [4.69, 9.17) is 11.6 Å². The summed E-state index contributed by atoms with van der Waals surface area (Å²) < 4.78 is 23.4. The fourth-order valence-electron chi connectivity index (χ4n) is 3.64. The normalized spacial score (nSPS) is 15.6. The Kier molecular flexibility index (Phi) is 6.49. The van der Waals surface area contributed by atoms with Crippen LogP contribution in [0.2, 0.25) is 5.02 Å². The fraction of sp³-hybridized carbons (Fsp3) is 0.429. The molecule has 6 nitrogen and oxygen atoms in total. The molecule has 0 N–H and O–H groups in total. The van der Waals surface area contributed by atoms with Crippen molar-refractivity contribution in [3.05, 3.63) is 47.6 Å². The van der Waals surface area contributed by atoms with Crippen LogP contribution in [0.4, 0.5) is 11.5 Å². The largest absolute Gasteiger partial charge is 0.357 e. The summed E-state index contributed by atoms with van der Waals surface area (Å²) in [5.74, 6) is 0.878. The van der Waals surface area contributed by atoms with Gasteiger partial charge in [0.25, 0.3) is 0 Å². The maximum Gasteiger partial charge on any atom is 0.230 e. The molecule has 2 heterocycles. The average Bonchev–Trinajstić information content (AvgIpc) is 2.68. The van der Waals surface area contributed by atoms with Crippen molar-refractivity contribution < 1.29 is 13.2 Å². The maximum absolute atomic E-state index is 13.3. The lowest BCUT2D eigenvalue weighted by atomic mass is 9.94. The number of carbonyl (C=O) groups is 1. The number of sulfone groups is 1. The highest BCUT2D eigenvalue weighted by Crippen LogP contribution is 2.28. The lowest BCUT2D eigenvalue weighted by Gasteiger charge is -2.36. The van der Waals surface area contributed by atoms with Crippen LogP contribution in [-0.2, 0) is 14.6 Å². The van der Waals surface area contributed by atoms with Gasteiger partial charge in [-0.05, 0) is 63.1 Å². The summed E-state index contributed by atoms with van der Waals surface area (Å²) in [4.78, 5) is 21.8. The zero-order valence-electron chi connectivity index (χ0n) is 16.9. The van der Waals surface area contributed by atoms with Crippen LogP contribution in [0.15, 0.2) is 47.5 Å². The minimum atomic E-state index is -3.26. The number of hydrogen-bond acceptors (Lipinski definition) is 5. The number of piperidine rings is 1. The minimum Gasteiger partial charge on any atom is -0.357 e. The molecule has 0 radical (unpaired) electrons. The van der Waals surface area contributed by atoms with Crippen molar-refractivity contribution in [2.75, 3.05) is 29.1 Å².